The van der Waals surface area contributed by atoms with Crippen LogP contribution in [0.25, 0.3) is 0 Å². The van der Waals surface area contributed by atoms with Crippen LogP contribution >= 0.6 is 11.3 Å². The summed E-state index contributed by atoms with van der Waals surface area (Å²) in [5.41, 5.74) is 2.92. The Labute approximate surface area is 243 Å². The van der Waals surface area contributed by atoms with Crippen molar-refractivity contribution in [1.82, 2.24) is 9.80 Å². The first-order valence-electron chi connectivity index (χ1n) is 14.3. The van der Waals surface area contributed by atoms with Gasteiger partial charge in [0.1, 0.15) is 6.54 Å². The summed E-state index contributed by atoms with van der Waals surface area (Å²) in [4.78, 5) is 31.8. The highest BCUT2D eigenvalue weighted by atomic mass is 32.1. The molecule has 1 aromatic heterocycles. The maximum atomic E-state index is 13.7. The van der Waals surface area contributed by atoms with Crippen molar-refractivity contribution in [2.24, 2.45) is 0 Å². The van der Waals surface area contributed by atoms with Crippen molar-refractivity contribution >= 4 is 23.2 Å². The Morgan fingerprint density at radius 2 is 1.60 bits per heavy atom. The highest BCUT2D eigenvalue weighted by Crippen LogP contribution is 2.28. The van der Waals surface area contributed by atoms with E-state index in [1.165, 1.54) is 24.8 Å². The number of aryl methyl sites for hydroxylation is 1. The van der Waals surface area contributed by atoms with E-state index in [-0.39, 0.29) is 24.4 Å². The number of carbonyl (C=O) groups is 2. The number of ether oxygens (including phenoxy) is 2. The van der Waals surface area contributed by atoms with Crippen molar-refractivity contribution in [2.45, 2.75) is 71.9 Å². The van der Waals surface area contributed by atoms with Crippen molar-refractivity contribution < 1.29 is 19.1 Å². The predicted molar refractivity (Wildman–Crippen MR) is 163 cm³/mol. The second-order valence-electron chi connectivity index (χ2n) is 10.4. The molecular formula is C33H44N2O4S. The Morgan fingerprint density at radius 3 is 2.23 bits per heavy atom. The van der Waals surface area contributed by atoms with Crippen LogP contribution in [-0.4, -0.2) is 55.0 Å². The lowest BCUT2D eigenvalue weighted by molar-refractivity contribution is -0.132. The monoisotopic (exact) mass is 564 g/mol. The second-order valence-corrected chi connectivity index (χ2v) is 11.4. The number of thiophene rings is 1. The van der Waals surface area contributed by atoms with E-state index in [1.54, 1.807) is 30.5 Å². The molecule has 0 radical (unpaired) electrons. The van der Waals surface area contributed by atoms with Crippen molar-refractivity contribution in [3.05, 3.63) is 81.5 Å². The van der Waals surface area contributed by atoms with Crippen LogP contribution in [0.15, 0.2) is 60.0 Å². The number of unbranched alkanes of at least 4 members (excludes halogenated alkanes) is 3. The third-order valence-electron chi connectivity index (χ3n) is 7.11. The molecule has 0 fully saturated rings. The molecule has 0 saturated heterocycles. The fourth-order valence-corrected chi connectivity index (χ4v) is 5.37. The summed E-state index contributed by atoms with van der Waals surface area (Å²) >= 11 is 1.63. The molecule has 3 aromatic rings. The van der Waals surface area contributed by atoms with Gasteiger partial charge < -0.3 is 19.3 Å². The molecule has 0 aliphatic carbocycles. The number of amides is 2. The quantitative estimate of drug-likeness (QED) is 0.176. The highest BCUT2D eigenvalue weighted by Gasteiger charge is 2.25. The number of hydrogen-bond acceptors (Lipinski definition) is 5. The molecule has 6 nitrogen and oxygen atoms in total. The van der Waals surface area contributed by atoms with Gasteiger partial charge in [0.25, 0.3) is 5.91 Å². The third-order valence-corrected chi connectivity index (χ3v) is 7.97. The fourth-order valence-electron chi connectivity index (χ4n) is 4.65. The topological polar surface area (TPSA) is 59.1 Å². The number of nitrogens with zero attached hydrogens (tertiary/aromatic N) is 2. The lowest BCUT2D eigenvalue weighted by Gasteiger charge is -2.30. The van der Waals surface area contributed by atoms with Crippen LogP contribution in [0.4, 0.5) is 0 Å². The van der Waals surface area contributed by atoms with Gasteiger partial charge in [0.05, 0.1) is 20.8 Å². The van der Waals surface area contributed by atoms with Crippen LogP contribution in [0, 0.1) is 0 Å². The normalized spacial score (nSPS) is 10.9. The zero-order chi connectivity index (χ0) is 28.9. The number of benzene rings is 2. The Hall–Kier alpha value is -3.32. The number of hydrogen-bond donors (Lipinski definition) is 0. The lowest BCUT2D eigenvalue weighted by atomic mass is 10.0. The van der Waals surface area contributed by atoms with Crippen LogP contribution in [0.5, 0.6) is 11.5 Å². The van der Waals surface area contributed by atoms with E-state index in [1.807, 2.05) is 78.7 Å². The second kappa shape index (κ2) is 16.1. The third kappa shape index (κ3) is 9.12. The van der Waals surface area contributed by atoms with Crippen molar-refractivity contribution in [3.63, 3.8) is 0 Å². The maximum absolute atomic E-state index is 13.7. The zero-order valence-electron chi connectivity index (χ0n) is 24.7. The molecule has 40 heavy (non-hydrogen) atoms. The molecule has 3 rings (SSSR count). The molecule has 0 atom stereocenters. The van der Waals surface area contributed by atoms with E-state index in [0.29, 0.717) is 36.6 Å². The average Bonchev–Trinajstić information content (AvgIpc) is 3.49. The van der Waals surface area contributed by atoms with E-state index in [9.17, 15) is 9.59 Å². The molecule has 7 heteroatoms. The smallest absolute Gasteiger partial charge is 0.254 e. The first-order valence-corrected chi connectivity index (χ1v) is 15.1. The highest BCUT2D eigenvalue weighted by molar-refractivity contribution is 7.09. The molecule has 0 unspecified atom stereocenters. The van der Waals surface area contributed by atoms with Gasteiger partial charge in [-0.15, -0.1) is 11.3 Å². The van der Waals surface area contributed by atoms with E-state index in [4.69, 9.17) is 9.47 Å². The molecule has 1 heterocycles. The van der Waals surface area contributed by atoms with Crippen LogP contribution in [-0.2, 0) is 24.2 Å². The molecular weight excluding hydrogens is 520 g/mol. The average molecular weight is 565 g/mol. The molecule has 0 aliphatic heterocycles. The predicted octanol–water partition coefficient (Wildman–Crippen LogP) is 7.01. The van der Waals surface area contributed by atoms with E-state index in [2.05, 4.69) is 6.92 Å². The molecule has 0 N–H and O–H groups in total. The van der Waals surface area contributed by atoms with Gasteiger partial charge in [-0.1, -0.05) is 50.5 Å². The summed E-state index contributed by atoms with van der Waals surface area (Å²) in [6.07, 6.45) is 6.56. The molecule has 0 saturated carbocycles. The first-order chi connectivity index (χ1) is 19.4. The van der Waals surface area contributed by atoms with E-state index in [0.717, 1.165) is 23.3 Å². The Kier molecular flexibility index (Phi) is 12.5. The SMILES string of the molecule is CCCCCCc1ccc(C(=O)N(CC(=O)N(CCc2ccc(OC)c(OC)c2)Cc2cccs2)C(C)C)cc1. The van der Waals surface area contributed by atoms with Gasteiger partial charge in [0.15, 0.2) is 11.5 Å². The standard InChI is InChI=1S/C33H44N2O4S/c1-6-7-8-9-11-26-13-16-28(17-14-26)33(37)35(25(2)3)24-32(36)34(23-29-12-10-21-40-29)20-19-27-15-18-30(38-4)31(22-27)39-5/h10,12-18,21-22,25H,6-9,11,19-20,23-24H2,1-5H3. The summed E-state index contributed by atoms with van der Waals surface area (Å²) < 4.78 is 10.8. The van der Waals surface area contributed by atoms with Gasteiger partial charge in [0.2, 0.25) is 5.91 Å². The molecule has 2 amide bonds. The minimum atomic E-state index is -0.114. The van der Waals surface area contributed by atoms with Crippen molar-refractivity contribution in [3.8, 4) is 11.5 Å². The maximum Gasteiger partial charge on any atom is 0.254 e. The Morgan fingerprint density at radius 1 is 0.875 bits per heavy atom. The van der Waals surface area contributed by atoms with E-state index < -0.39 is 0 Å². The molecule has 0 aliphatic rings. The molecule has 0 bridgehead atoms. The van der Waals surface area contributed by atoms with Gasteiger partial charge >= 0.3 is 0 Å². The van der Waals surface area contributed by atoms with Crippen LogP contribution < -0.4 is 9.47 Å². The van der Waals surface area contributed by atoms with Gasteiger partial charge in [0, 0.05) is 23.0 Å². The number of rotatable bonds is 16. The first kappa shape index (κ1) is 31.2. The van der Waals surface area contributed by atoms with Gasteiger partial charge in [-0.2, -0.15) is 0 Å². The number of methoxy groups -OCH3 is 2. The summed E-state index contributed by atoms with van der Waals surface area (Å²) in [5.74, 6) is 1.16. The van der Waals surface area contributed by atoms with Crippen molar-refractivity contribution in [2.75, 3.05) is 27.3 Å². The van der Waals surface area contributed by atoms with Crippen molar-refractivity contribution in [1.29, 1.82) is 0 Å². The minimum absolute atomic E-state index is 0.0343. The van der Waals surface area contributed by atoms with E-state index >= 15 is 0 Å². The molecule has 2 aromatic carbocycles. The fraction of sp³-hybridized carbons (Fsp3) is 0.455. The van der Waals surface area contributed by atoms with Gasteiger partial charge in [-0.05, 0) is 79.9 Å². The summed E-state index contributed by atoms with van der Waals surface area (Å²) in [5, 5.41) is 2.02. The summed E-state index contributed by atoms with van der Waals surface area (Å²) in [6, 6.07) is 17.6. The Bertz CT molecular complexity index is 1190. The Balaban J connectivity index is 1.70. The largest absolute Gasteiger partial charge is 0.493 e. The van der Waals surface area contributed by atoms with Gasteiger partial charge in [-0.25, -0.2) is 0 Å². The zero-order valence-corrected chi connectivity index (χ0v) is 25.5. The lowest BCUT2D eigenvalue weighted by Crippen LogP contribution is -2.46. The summed E-state index contributed by atoms with van der Waals surface area (Å²) in [7, 11) is 3.23. The summed E-state index contributed by atoms with van der Waals surface area (Å²) in [6.45, 7) is 7.20. The minimum Gasteiger partial charge on any atom is -0.493 e. The van der Waals surface area contributed by atoms with Crippen LogP contribution in [0.3, 0.4) is 0 Å². The van der Waals surface area contributed by atoms with Crippen LogP contribution in [0.2, 0.25) is 0 Å². The molecule has 0 spiro atoms. The van der Waals surface area contributed by atoms with Gasteiger partial charge in [-0.3, -0.25) is 9.59 Å². The number of carbonyl (C=O) groups excluding carboxylic acids is 2. The van der Waals surface area contributed by atoms with Crippen LogP contribution in [0.1, 0.15) is 72.8 Å². The molecule has 216 valence electrons.